The molecule has 2 aromatic heterocycles. The molecule has 0 spiro atoms. The summed E-state index contributed by atoms with van der Waals surface area (Å²) in [5.74, 6) is 0. The molecule has 0 fully saturated rings. The second-order valence-electron chi connectivity index (χ2n) is 3.55. The van der Waals surface area contributed by atoms with Crippen LogP contribution in [0.4, 0.5) is 13.2 Å². The molecule has 1 atom stereocenters. The van der Waals surface area contributed by atoms with E-state index >= 15 is 0 Å². The number of hydrogen-bond donors (Lipinski definition) is 0. The van der Waals surface area contributed by atoms with E-state index in [-0.39, 0.29) is 11.0 Å². The number of rotatable bonds is 1. The van der Waals surface area contributed by atoms with Crippen molar-refractivity contribution in [2.45, 2.75) is 19.1 Å². The maximum Gasteiger partial charge on any atom is 0.409 e. The summed E-state index contributed by atoms with van der Waals surface area (Å²) in [6, 6.07) is 0.970. The molecule has 0 N–H and O–H groups in total. The SMILES string of the molecule is C[C@@H](n1cnc2ncccc2c1=O)C(F)(F)F. The van der Waals surface area contributed by atoms with Crippen molar-refractivity contribution in [1.82, 2.24) is 14.5 Å². The van der Waals surface area contributed by atoms with Gasteiger partial charge in [0.15, 0.2) is 5.65 Å². The van der Waals surface area contributed by atoms with E-state index in [1.54, 1.807) is 0 Å². The Morgan fingerprint density at radius 2 is 2.06 bits per heavy atom. The molecule has 17 heavy (non-hydrogen) atoms. The summed E-state index contributed by atoms with van der Waals surface area (Å²) in [7, 11) is 0. The fraction of sp³-hybridized carbons (Fsp3) is 0.300. The molecule has 2 aromatic rings. The van der Waals surface area contributed by atoms with Crippen LogP contribution < -0.4 is 5.56 Å². The van der Waals surface area contributed by atoms with Gasteiger partial charge in [-0.3, -0.25) is 9.36 Å². The number of halogens is 3. The van der Waals surface area contributed by atoms with E-state index in [1.165, 1.54) is 18.3 Å². The van der Waals surface area contributed by atoms with Crippen LogP contribution in [0.5, 0.6) is 0 Å². The highest BCUT2D eigenvalue weighted by Crippen LogP contribution is 2.28. The summed E-state index contributed by atoms with van der Waals surface area (Å²) in [5.41, 5.74) is -0.601. The Labute approximate surface area is 93.7 Å². The van der Waals surface area contributed by atoms with Crippen LogP contribution in [0.1, 0.15) is 13.0 Å². The minimum atomic E-state index is -4.48. The van der Waals surface area contributed by atoms with Crippen LogP contribution in [0.25, 0.3) is 11.0 Å². The Morgan fingerprint density at radius 3 is 2.71 bits per heavy atom. The maximum atomic E-state index is 12.5. The average Bonchev–Trinajstić information content (AvgIpc) is 2.28. The molecule has 0 aliphatic carbocycles. The van der Waals surface area contributed by atoms with Gasteiger partial charge in [0.1, 0.15) is 12.4 Å². The molecule has 0 saturated carbocycles. The normalized spacial score (nSPS) is 13.9. The van der Waals surface area contributed by atoms with E-state index < -0.39 is 17.8 Å². The molecule has 0 amide bonds. The molecule has 7 heteroatoms. The topological polar surface area (TPSA) is 47.8 Å². The van der Waals surface area contributed by atoms with Gasteiger partial charge in [-0.05, 0) is 19.1 Å². The largest absolute Gasteiger partial charge is 0.409 e. The molecule has 0 bridgehead atoms. The lowest BCUT2D eigenvalue weighted by Gasteiger charge is -2.17. The van der Waals surface area contributed by atoms with Crippen LogP contribution >= 0.6 is 0 Å². The van der Waals surface area contributed by atoms with E-state index in [0.717, 1.165) is 13.3 Å². The monoisotopic (exact) mass is 243 g/mol. The lowest BCUT2D eigenvalue weighted by atomic mass is 10.3. The third-order valence-electron chi connectivity index (χ3n) is 2.45. The highest BCUT2D eigenvalue weighted by Gasteiger charge is 2.38. The average molecular weight is 243 g/mol. The van der Waals surface area contributed by atoms with Gasteiger partial charge in [0.05, 0.1) is 5.39 Å². The molecule has 4 nitrogen and oxygen atoms in total. The van der Waals surface area contributed by atoms with E-state index in [2.05, 4.69) is 9.97 Å². The Kier molecular flexibility index (Phi) is 2.60. The molecule has 0 saturated heterocycles. The van der Waals surface area contributed by atoms with E-state index in [4.69, 9.17) is 0 Å². The van der Waals surface area contributed by atoms with Crippen molar-refractivity contribution in [1.29, 1.82) is 0 Å². The van der Waals surface area contributed by atoms with Crippen molar-refractivity contribution in [3.63, 3.8) is 0 Å². The van der Waals surface area contributed by atoms with E-state index in [0.29, 0.717) is 4.57 Å². The lowest BCUT2D eigenvalue weighted by molar-refractivity contribution is -0.163. The highest BCUT2D eigenvalue weighted by molar-refractivity contribution is 5.72. The van der Waals surface area contributed by atoms with Crippen LogP contribution in [0.2, 0.25) is 0 Å². The summed E-state index contributed by atoms with van der Waals surface area (Å²) in [6.07, 6.45) is -2.19. The van der Waals surface area contributed by atoms with Crippen LogP contribution in [-0.4, -0.2) is 20.7 Å². The van der Waals surface area contributed by atoms with E-state index in [1.807, 2.05) is 0 Å². The molecule has 2 rings (SSSR count). The zero-order valence-electron chi connectivity index (χ0n) is 8.77. The number of hydrogen-bond acceptors (Lipinski definition) is 3. The molecular formula is C10H8F3N3O. The van der Waals surface area contributed by atoms with Gasteiger partial charge in [0, 0.05) is 6.20 Å². The third-order valence-corrected chi connectivity index (χ3v) is 2.45. The zero-order valence-corrected chi connectivity index (χ0v) is 8.77. The van der Waals surface area contributed by atoms with Gasteiger partial charge in [-0.25, -0.2) is 9.97 Å². The molecular weight excluding hydrogens is 235 g/mol. The minimum Gasteiger partial charge on any atom is -0.287 e. The zero-order chi connectivity index (χ0) is 12.6. The fourth-order valence-corrected chi connectivity index (χ4v) is 1.41. The second-order valence-corrected chi connectivity index (χ2v) is 3.55. The maximum absolute atomic E-state index is 12.5. The first-order valence-electron chi connectivity index (χ1n) is 4.80. The fourth-order valence-electron chi connectivity index (χ4n) is 1.41. The van der Waals surface area contributed by atoms with Crippen LogP contribution in [0, 0.1) is 0 Å². The molecule has 0 radical (unpaired) electrons. The van der Waals surface area contributed by atoms with Crippen molar-refractivity contribution in [2.75, 3.05) is 0 Å². The van der Waals surface area contributed by atoms with Gasteiger partial charge in [0.2, 0.25) is 0 Å². The first-order valence-corrected chi connectivity index (χ1v) is 4.80. The first kappa shape index (κ1) is 11.6. The number of alkyl halides is 3. The van der Waals surface area contributed by atoms with Crippen LogP contribution in [0.15, 0.2) is 29.5 Å². The lowest BCUT2D eigenvalue weighted by Crippen LogP contribution is -2.32. The standard InChI is InChI=1S/C10H8F3N3O/c1-6(10(11,12)13)16-5-15-8-7(9(16)17)3-2-4-14-8/h2-6H,1H3/t6-/m1/s1. The van der Waals surface area contributed by atoms with Crippen molar-refractivity contribution >= 4 is 11.0 Å². The predicted molar refractivity (Wildman–Crippen MR) is 54.6 cm³/mol. The van der Waals surface area contributed by atoms with Crippen molar-refractivity contribution < 1.29 is 13.2 Å². The number of aromatic nitrogens is 3. The Balaban J connectivity index is 2.65. The van der Waals surface area contributed by atoms with Gasteiger partial charge in [0.25, 0.3) is 5.56 Å². The third kappa shape index (κ3) is 2.00. The predicted octanol–water partition coefficient (Wildman–Crippen LogP) is 1.91. The van der Waals surface area contributed by atoms with Gasteiger partial charge in [-0.1, -0.05) is 0 Å². The van der Waals surface area contributed by atoms with E-state index in [9.17, 15) is 18.0 Å². The quantitative estimate of drug-likeness (QED) is 0.768. The highest BCUT2D eigenvalue weighted by atomic mass is 19.4. The molecule has 0 aromatic carbocycles. The smallest absolute Gasteiger partial charge is 0.287 e. The molecule has 90 valence electrons. The molecule has 0 aliphatic heterocycles. The Bertz CT molecular complexity index is 606. The summed E-state index contributed by atoms with van der Waals surface area (Å²) < 4.78 is 38.1. The summed E-state index contributed by atoms with van der Waals surface area (Å²) >= 11 is 0. The van der Waals surface area contributed by atoms with Crippen molar-refractivity contribution in [3.05, 3.63) is 35.0 Å². The summed E-state index contributed by atoms with van der Waals surface area (Å²) in [4.78, 5) is 19.3. The van der Waals surface area contributed by atoms with Gasteiger partial charge in [-0.15, -0.1) is 0 Å². The molecule has 0 aliphatic rings. The minimum absolute atomic E-state index is 0.0751. The van der Waals surface area contributed by atoms with Crippen LogP contribution in [0.3, 0.4) is 0 Å². The number of nitrogens with zero attached hydrogens (tertiary/aromatic N) is 3. The van der Waals surface area contributed by atoms with Gasteiger partial charge >= 0.3 is 6.18 Å². The number of pyridine rings is 1. The molecule has 2 heterocycles. The summed E-state index contributed by atoms with van der Waals surface area (Å²) in [6.45, 7) is 0.908. The summed E-state index contributed by atoms with van der Waals surface area (Å²) in [5, 5.41) is 0.0751. The Hall–Kier alpha value is -1.92. The van der Waals surface area contributed by atoms with Gasteiger partial charge in [-0.2, -0.15) is 13.2 Å². The van der Waals surface area contributed by atoms with Crippen molar-refractivity contribution in [2.24, 2.45) is 0 Å². The first-order chi connectivity index (χ1) is 7.91. The number of fused-ring (bicyclic) bond motifs is 1. The second kappa shape index (κ2) is 3.83. The Morgan fingerprint density at radius 1 is 1.35 bits per heavy atom. The van der Waals surface area contributed by atoms with Crippen molar-refractivity contribution in [3.8, 4) is 0 Å². The van der Waals surface area contributed by atoms with Gasteiger partial charge < -0.3 is 0 Å². The van der Waals surface area contributed by atoms with Crippen LogP contribution in [-0.2, 0) is 0 Å². The molecule has 0 unspecified atom stereocenters.